The van der Waals surface area contributed by atoms with Crippen molar-refractivity contribution in [3.05, 3.63) is 35.4 Å². The second kappa shape index (κ2) is 4.72. The molecule has 1 N–H and O–H groups in total. The summed E-state index contributed by atoms with van der Waals surface area (Å²) >= 11 is 0. The van der Waals surface area contributed by atoms with Crippen LogP contribution in [0.2, 0.25) is 0 Å². The van der Waals surface area contributed by atoms with E-state index in [2.05, 4.69) is 0 Å². The summed E-state index contributed by atoms with van der Waals surface area (Å²) in [6.07, 6.45) is -0.961. The summed E-state index contributed by atoms with van der Waals surface area (Å²) < 4.78 is 0. The molecule has 0 bridgehead atoms. The Hall–Kier alpha value is -2.21. The molecule has 0 saturated carbocycles. The van der Waals surface area contributed by atoms with Crippen LogP contribution >= 0.6 is 0 Å². The molecule has 1 fully saturated rings. The highest BCUT2D eigenvalue weighted by Crippen LogP contribution is 2.26. The molecule has 1 aliphatic heterocycles. The zero-order chi connectivity index (χ0) is 14.3. The van der Waals surface area contributed by atoms with Gasteiger partial charge in [-0.1, -0.05) is 24.3 Å². The Balaban J connectivity index is 1.79. The first-order valence-corrected chi connectivity index (χ1v) is 6.49. The summed E-state index contributed by atoms with van der Waals surface area (Å²) in [7, 11) is 0. The van der Waals surface area contributed by atoms with Crippen molar-refractivity contribution in [3.63, 3.8) is 0 Å². The fraction of sp³-hybridized carbons (Fsp3) is 0.357. The average Bonchev–Trinajstić information content (AvgIpc) is 2.72. The van der Waals surface area contributed by atoms with Crippen molar-refractivity contribution >= 4 is 17.7 Å². The molecule has 0 aromatic heterocycles. The summed E-state index contributed by atoms with van der Waals surface area (Å²) in [6, 6.07) is 6.05. The first-order valence-electron chi connectivity index (χ1n) is 6.49. The summed E-state index contributed by atoms with van der Waals surface area (Å²) in [4.78, 5) is 38.6. The Bertz CT molecular complexity index is 556. The van der Waals surface area contributed by atoms with E-state index in [9.17, 15) is 14.4 Å². The minimum atomic E-state index is -0.961. The van der Waals surface area contributed by atoms with Crippen LogP contribution in [0.15, 0.2) is 24.3 Å². The monoisotopic (exact) mass is 274 g/mol. The van der Waals surface area contributed by atoms with E-state index in [4.69, 9.17) is 5.11 Å². The highest BCUT2D eigenvalue weighted by molar-refractivity contribution is 6.29. The number of Topliss-reactive ketones (excluding diaryl/α,β-unsaturated/α-hetero) is 2. The van der Waals surface area contributed by atoms with Gasteiger partial charge >= 0.3 is 6.09 Å². The van der Waals surface area contributed by atoms with Crippen molar-refractivity contribution < 1.29 is 19.5 Å². The van der Waals surface area contributed by atoms with Gasteiger partial charge in [-0.25, -0.2) is 4.79 Å². The number of ketones is 2. The molecular weight excluding hydrogens is 260 g/mol. The van der Waals surface area contributed by atoms with Gasteiger partial charge in [-0.3, -0.25) is 14.5 Å². The Kier molecular flexibility index (Phi) is 3.02. The third-order valence-corrected chi connectivity index (χ3v) is 3.90. The lowest BCUT2D eigenvalue weighted by molar-refractivity contribution is 0.0605. The van der Waals surface area contributed by atoms with Crippen molar-refractivity contribution in [1.29, 1.82) is 0 Å². The molecule has 104 valence electrons. The number of hydrogen-bond acceptors (Lipinski definition) is 4. The molecule has 1 saturated heterocycles. The molecule has 0 spiro atoms. The largest absolute Gasteiger partial charge is 0.465 e. The lowest BCUT2D eigenvalue weighted by atomic mass is 10.1. The predicted molar refractivity (Wildman–Crippen MR) is 70.1 cm³/mol. The molecule has 0 atom stereocenters. The van der Waals surface area contributed by atoms with E-state index in [0.717, 1.165) is 0 Å². The Labute approximate surface area is 115 Å². The van der Waals surface area contributed by atoms with Crippen LogP contribution in [0.1, 0.15) is 20.7 Å². The Morgan fingerprint density at radius 1 is 1.00 bits per heavy atom. The zero-order valence-electron chi connectivity index (χ0n) is 10.8. The lowest BCUT2D eigenvalue weighted by Gasteiger charge is -2.35. The highest BCUT2D eigenvalue weighted by Gasteiger charge is 2.42. The van der Waals surface area contributed by atoms with Gasteiger partial charge in [0.05, 0.1) is 0 Å². The third kappa shape index (κ3) is 1.89. The number of carbonyl (C=O) groups excluding carboxylic acids is 2. The molecule has 6 nitrogen and oxygen atoms in total. The van der Waals surface area contributed by atoms with Gasteiger partial charge in [0.15, 0.2) is 11.6 Å². The standard InChI is InChI=1S/C14H14N2O4/c17-12-9-3-1-2-4-10(9)13(18)11(12)15-5-7-16(8-6-15)14(19)20/h1-4,11H,5-8H2,(H,19,20). The number of hydrogen-bond donors (Lipinski definition) is 1. The Morgan fingerprint density at radius 3 is 1.95 bits per heavy atom. The van der Waals surface area contributed by atoms with Crippen molar-refractivity contribution in [3.8, 4) is 0 Å². The number of piperazine rings is 1. The average molecular weight is 274 g/mol. The maximum Gasteiger partial charge on any atom is 0.407 e. The first kappa shape index (κ1) is 12.8. The quantitative estimate of drug-likeness (QED) is 0.764. The van der Waals surface area contributed by atoms with Crippen LogP contribution in [0.3, 0.4) is 0 Å². The van der Waals surface area contributed by atoms with E-state index in [1.54, 1.807) is 29.2 Å². The van der Waals surface area contributed by atoms with Crippen molar-refractivity contribution in [2.75, 3.05) is 26.2 Å². The van der Waals surface area contributed by atoms with E-state index in [1.165, 1.54) is 4.90 Å². The minimum Gasteiger partial charge on any atom is -0.465 e. The normalized spacial score (nSPS) is 20.3. The van der Waals surface area contributed by atoms with E-state index in [1.807, 2.05) is 0 Å². The summed E-state index contributed by atoms with van der Waals surface area (Å²) in [5.74, 6) is -0.344. The van der Waals surface area contributed by atoms with E-state index >= 15 is 0 Å². The third-order valence-electron chi connectivity index (χ3n) is 3.90. The van der Waals surface area contributed by atoms with Crippen LogP contribution < -0.4 is 0 Å². The molecule has 6 heteroatoms. The van der Waals surface area contributed by atoms with Gasteiger partial charge in [-0.2, -0.15) is 0 Å². The number of nitrogens with zero attached hydrogens (tertiary/aromatic N) is 2. The molecule has 20 heavy (non-hydrogen) atoms. The molecule has 1 aliphatic carbocycles. The van der Waals surface area contributed by atoms with Crippen LogP contribution in [0, 0.1) is 0 Å². The maximum absolute atomic E-state index is 12.3. The van der Waals surface area contributed by atoms with Gasteiger partial charge in [0.1, 0.15) is 6.04 Å². The maximum atomic E-state index is 12.3. The number of rotatable bonds is 1. The topological polar surface area (TPSA) is 77.9 Å². The van der Waals surface area contributed by atoms with Gasteiger partial charge < -0.3 is 10.0 Å². The SMILES string of the molecule is O=C1c2ccccc2C(=O)C1N1CCN(C(=O)O)CC1. The van der Waals surface area contributed by atoms with Gasteiger partial charge in [-0.05, 0) is 0 Å². The van der Waals surface area contributed by atoms with Crippen LogP contribution in [0.5, 0.6) is 0 Å². The fourth-order valence-corrected chi connectivity index (χ4v) is 2.83. The second-order valence-corrected chi connectivity index (χ2v) is 4.98. The van der Waals surface area contributed by atoms with Gasteiger partial charge in [0.25, 0.3) is 0 Å². The molecule has 0 unspecified atom stereocenters. The number of carboxylic acid groups (broad SMARTS) is 1. The molecule has 1 heterocycles. The van der Waals surface area contributed by atoms with Gasteiger partial charge in [0.2, 0.25) is 0 Å². The lowest BCUT2D eigenvalue weighted by Crippen LogP contribution is -2.54. The number of carbonyl (C=O) groups is 3. The molecular formula is C14H14N2O4. The molecule has 2 aliphatic rings. The van der Waals surface area contributed by atoms with Crippen LogP contribution in [0.4, 0.5) is 4.79 Å². The number of fused-ring (bicyclic) bond motifs is 1. The second-order valence-electron chi connectivity index (χ2n) is 4.98. The van der Waals surface area contributed by atoms with Gasteiger partial charge in [-0.15, -0.1) is 0 Å². The number of amides is 1. The number of benzene rings is 1. The smallest absolute Gasteiger partial charge is 0.407 e. The van der Waals surface area contributed by atoms with Crippen LogP contribution in [-0.2, 0) is 0 Å². The first-order chi connectivity index (χ1) is 9.59. The summed E-state index contributed by atoms with van der Waals surface area (Å²) in [5, 5.41) is 8.91. The van der Waals surface area contributed by atoms with Crippen molar-refractivity contribution in [2.24, 2.45) is 0 Å². The van der Waals surface area contributed by atoms with Crippen LogP contribution in [-0.4, -0.2) is 64.8 Å². The highest BCUT2D eigenvalue weighted by atomic mass is 16.4. The summed E-state index contributed by atoms with van der Waals surface area (Å²) in [6.45, 7) is 1.45. The fourth-order valence-electron chi connectivity index (χ4n) is 2.83. The zero-order valence-corrected chi connectivity index (χ0v) is 10.8. The predicted octanol–water partition coefficient (Wildman–Crippen LogP) is 0.730. The molecule has 1 aromatic rings. The minimum absolute atomic E-state index is 0.172. The molecule has 1 amide bonds. The molecule has 3 rings (SSSR count). The van der Waals surface area contributed by atoms with E-state index in [-0.39, 0.29) is 11.6 Å². The molecule has 0 radical (unpaired) electrons. The molecule has 1 aromatic carbocycles. The summed E-state index contributed by atoms with van der Waals surface area (Å²) in [5.41, 5.74) is 0.950. The van der Waals surface area contributed by atoms with Crippen LogP contribution in [0.25, 0.3) is 0 Å². The van der Waals surface area contributed by atoms with E-state index < -0.39 is 12.1 Å². The Morgan fingerprint density at radius 2 is 1.50 bits per heavy atom. The van der Waals surface area contributed by atoms with Crippen molar-refractivity contribution in [2.45, 2.75) is 6.04 Å². The van der Waals surface area contributed by atoms with Crippen molar-refractivity contribution in [1.82, 2.24) is 9.80 Å². The van der Waals surface area contributed by atoms with Gasteiger partial charge in [0, 0.05) is 37.3 Å². The van der Waals surface area contributed by atoms with E-state index in [0.29, 0.717) is 37.3 Å².